The molecule has 12 heteroatoms. The smallest absolute Gasteiger partial charge is 0.286 e. The Kier molecular flexibility index (Phi) is 8.36. The predicted octanol–water partition coefficient (Wildman–Crippen LogP) is 3.98. The van der Waals surface area contributed by atoms with Gasteiger partial charge in [0.2, 0.25) is 0 Å². The van der Waals surface area contributed by atoms with Crippen LogP contribution in [0.25, 0.3) is 12.2 Å². The minimum absolute atomic E-state index is 0.261. The highest BCUT2D eigenvalue weighted by Gasteiger charge is 2.32. The van der Waals surface area contributed by atoms with Crippen molar-refractivity contribution in [1.82, 2.24) is 9.80 Å². The average molecular weight is 581 g/mol. The van der Waals surface area contributed by atoms with Crippen LogP contribution in [-0.2, 0) is 9.59 Å². The summed E-state index contributed by atoms with van der Waals surface area (Å²) in [7, 11) is 6.31. The van der Waals surface area contributed by atoms with Crippen LogP contribution in [0.15, 0.2) is 56.2 Å². The van der Waals surface area contributed by atoms with Crippen molar-refractivity contribution in [2.45, 2.75) is 0 Å². The van der Waals surface area contributed by atoms with E-state index in [1.54, 1.807) is 40.6 Å². The zero-order chi connectivity index (χ0) is 28.2. The first kappa shape index (κ1) is 27.7. The summed E-state index contributed by atoms with van der Waals surface area (Å²) in [6, 6.07) is 11.0. The summed E-state index contributed by atoms with van der Waals surface area (Å²) in [6.07, 6.45) is 3.62. The van der Waals surface area contributed by atoms with E-state index in [-0.39, 0.29) is 11.8 Å². The van der Waals surface area contributed by atoms with Crippen LogP contribution in [0, 0.1) is 0 Å². The van der Waals surface area contributed by atoms with Crippen molar-refractivity contribution < 1.29 is 28.5 Å². The summed E-state index contributed by atoms with van der Waals surface area (Å²) < 4.78 is 21.3. The SMILES string of the molecule is COc1ccc(/C=C2\SC(N3CCN(C4=NC(=O)/C(=C/c5ccc(OC)c(OC)c5)S4)CC3)=NC2=O)cc1OC. The third kappa shape index (κ3) is 5.82. The highest BCUT2D eigenvalue weighted by molar-refractivity contribution is 8.18. The highest BCUT2D eigenvalue weighted by atomic mass is 32.2. The molecule has 3 aliphatic heterocycles. The number of amidine groups is 2. The third-order valence-corrected chi connectivity index (χ3v) is 8.54. The van der Waals surface area contributed by atoms with Gasteiger partial charge in [0, 0.05) is 26.2 Å². The second-order valence-corrected chi connectivity index (χ2v) is 10.8. The molecular formula is C28H28N4O6S2. The van der Waals surface area contributed by atoms with Gasteiger partial charge < -0.3 is 28.7 Å². The van der Waals surface area contributed by atoms with Crippen LogP contribution in [0.3, 0.4) is 0 Å². The van der Waals surface area contributed by atoms with E-state index in [1.807, 2.05) is 36.4 Å². The lowest BCUT2D eigenvalue weighted by atomic mass is 10.2. The predicted molar refractivity (Wildman–Crippen MR) is 158 cm³/mol. The van der Waals surface area contributed by atoms with E-state index < -0.39 is 0 Å². The Hall–Kier alpha value is -3.90. The molecule has 1 saturated heterocycles. The molecule has 208 valence electrons. The molecule has 0 radical (unpaired) electrons. The largest absolute Gasteiger partial charge is 0.493 e. The van der Waals surface area contributed by atoms with Gasteiger partial charge >= 0.3 is 0 Å². The molecule has 10 nitrogen and oxygen atoms in total. The first-order valence-electron chi connectivity index (χ1n) is 12.4. The number of amides is 2. The third-order valence-electron chi connectivity index (χ3n) is 6.45. The minimum Gasteiger partial charge on any atom is -0.493 e. The number of aliphatic imine (C=N–C) groups is 2. The van der Waals surface area contributed by atoms with Gasteiger partial charge in [-0.05, 0) is 71.1 Å². The molecule has 0 unspecified atom stereocenters. The summed E-state index contributed by atoms with van der Waals surface area (Å²) in [5.41, 5.74) is 1.65. The first-order valence-corrected chi connectivity index (χ1v) is 14.0. The fourth-order valence-corrected chi connectivity index (χ4v) is 6.27. The van der Waals surface area contributed by atoms with Crippen molar-refractivity contribution in [2.24, 2.45) is 9.98 Å². The van der Waals surface area contributed by atoms with Gasteiger partial charge in [0.25, 0.3) is 11.8 Å². The first-order chi connectivity index (χ1) is 19.4. The number of nitrogens with zero attached hydrogens (tertiary/aromatic N) is 4. The summed E-state index contributed by atoms with van der Waals surface area (Å²) >= 11 is 2.73. The maximum atomic E-state index is 12.6. The van der Waals surface area contributed by atoms with Crippen LogP contribution in [0.2, 0.25) is 0 Å². The number of piperazine rings is 1. The molecule has 1 fully saturated rings. The van der Waals surface area contributed by atoms with Crippen molar-refractivity contribution >= 4 is 57.8 Å². The monoisotopic (exact) mass is 580 g/mol. The van der Waals surface area contributed by atoms with E-state index in [4.69, 9.17) is 18.9 Å². The van der Waals surface area contributed by atoms with Crippen LogP contribution >= 0.6 is 23.5 Å². The van der Waals surface area contributed by atoms with Crippen molar-refractivity contribution in [2.75, 3.05) is 54.6 Å². The van der Waals surface area contributed by atoms with Crippen molar-refractivity contribution in [3.63, 3.8) is 0 Å². The maximum absolute atomic E-state index is 12.6. The van der Waals surface area contributed by atoms with E-state index >= 15 is 0 Å². The molecule has 0 bridgehead atoms. The Morgan fingerprint density at radius 1 is 0.625 bits per heavy atom. The normalized spacial score (nSPS) is 19.3. The van der Waals surface area contributed by atoms with Crippen molar-refractivity contribution in [3.05, 3.63) is 57.3 Å². The van der Waals surface area contributed by atoms with Crippen LogP contribution in [0.1, 0.15) is 11.1 Å². The number of methoxy groups -OCH3 is 4. The number of benzene rings is 2. The second kappa shape index (κ2) is 12.1. The van der Waals surface area contributed by atoms with Gasteiger partial charge in [-0.1, -0.05) is 12.1 Å². The Bertz CT molecular complexity index is 1350. The number of carbonyl (C=O) groups excluding carboxylic acids is 2. The number of hydrogen-bond acceptors (Lipinski definition) is 10. The van der Waals surface area contributed by atoms with Gasteiger partial charge in [-0.3, -0.25) is 9.59 Å². The molecule has 0 aliphatic carbocycles. The van der Waals surface area contributed by atoms with Crippen molar-refractivity contribution in [3.8, 4) is 23.0 Å². The molecule has 2 aromatic rings. The lowest BCUT2D eigenvalue weighted by Crippen LogP contribution is -2.49. The molecule has 3 heterocycles. The molecule has 2 amide bonds. The highest BCUT2D eigenvalue weighted by Crippen LogP contribution is 2.35. The fraction of sp³-hybridized carbons (Fsp3) is 0.286. The summed E-state index contributed by atoms with van der Waals surface area (Å²) in [4.78, 5) is 39.1. The van der Waals surface area contributed by atoms with Gasteiger partial charge in [0.05, 0.1) is 38.2 Å². The van der Waals surface area contributed by atoms with Crippen molar-refractivity contribution in [1.29, 1.82) is 0 Å². The Balaban J connectivity index is 1.19. The van der Waals surface area contributed by atoms with E-state index in [9.17, 15) is 9.59 Å². The molecule has 0 saturated carbocycles. The molecule has 40 heavy (non-hydrogen) atoms. The van der Waals surface area contributed by atoms with Gasteiger partial charge in [-0.25, -0.2) is 0 Å². The Morgan fingerprint density at radius 2 is 1.00 bits per heavy atom. The fourth-order valence-electron chi connectivity index (χ4n) is 4.34. The summed E-state index contributed by atoms with van der Waals surface area (Å²) in [6.45, 7) is 2.63. The van der Waals surface area contributed by atoms with Gasteiger partial charge in [-0.15, -0.1) is 0 Å². The van der Waals surface area contributed by atoms with E-state index in [2.05, 4.69) is 19.8 Å². The molecule has 5 rings (SSSR count). The zero-order valence-corrected chi connectivity index (χ0v) is 24.1. The topological polar surface area (TPSA) is 102 Å². The van der Waals surface area contributed by atoms with Crippen LogP contribution in [0.5, 0.6) is 23.0 Å². The molecule has 0 atom stereocenters. The van der Waals surface area contributed by atoms with Gasteiger partial charge in [-0.2, -0.15) is 9.98 Å². The molecular weight excluding hydrogens is 552 g/mol. The van der Waals surface area contributed by atoms with Crippen LogP contribution < -0.4 is 18.9 Å². The Morgan fingerprint density at radius 3 is 1.35 bits per heavy atom. The second-order valence-electron chi connectivity index (χ2n) is 8.82. The quantitative estimate of drug-likeness (QED) is 0.466. The molecule has 2 aromatic carbocycles. The zero-order valence-electron chi connectivity index (χ0n) is 22.5. The lowest BCUT2D eigenvalue weighted by Gasteiger charge is -2.35. The minimum atomic E-state index is -0.261. The van der Waals surface area contributed by atoms with E-state index in [0.717, 1.165) is 11.1 Å². The number of thioether (sulfide) groups is 2. The number of ether oxygens (including phenoxy) is 4. The Labute approximate surface area is 240 Å². The van der Waals surface area contributed by atoms with E-state index in [0.29, 0.717) is 69.3 Å². The molecule has 0 spiro atoms. The van der Waals surface area contributed by atoms with Crippen LogP contribution in [-0.4, -0.2) is 86.6 Å². The maximum Gasteiger partial charge on any atom is 0.286 e. The average Bonchev–Trinajstić information content (AvgIpc) is 3.54. The lowest BCUT2D eigenvalue weighted by molar-refractivity contribution is -0.114. The summed E-state index contributed by atoms with van der Waals surface area (Å²) in [5, 5.41) is 1.37. The van der Waals surface area contributed by atoms with Gasteiger partial charge in [0.1, 0.15) is 0 Å². The van der Waals surface area contributed by atoms with Gasteiger partial charge in [0.15, 0.2) is 33.3 Å². The standard InChI is InChI=1S/C28H28N4O6S2/c1-35-19-7-5-17(13-21(19)37-3)15-23-25(33)29-27(39-23)31-9-11-32(12-10-31)28-30-26(34)24(40-28)16-18-6-8-20(36-2)22(14-18)38-4/h5-8,13-16H,9-12H2,1-4H3/b23-15-,24-16-. The van der Waals surface area contributed by atoms with Crippen LogP contribution in [0.4, 0.5) is 0 Å². The number of rotatable bonds is 6. The number of hydrogen-bond donors (Lipinski definition) is 0. The van der Waals surface area contributed by atoms with E-state index in [1.165, 1.54) is 23.5 Å². The number of carbonyl (C=O) groups is 2. The molecule has 0 aromatic heterocycles. The molecule has 3 aliphatic rings. The summed E-state index contributed by atoms with van der Waals surface area (Å²) in [5.74, 6) is 1.92. The molecule has 0 N–H and O–H groups in total.